The fourth-order valence-corrected chi connectivity index (χ4v) is 2.16. The number of rotatable bonds is 7. The minimum absolute atomic E-state index is 0.327. The summed E-state index contributed by atoms with van der Waals surface area (Å²) in [6, 6.07) is 8.37. The third-order valence-electron chi connectivity index (χ3n) is 3.45. The van der Waals surface area contributed by atoms with Crippen molar-refractivity contribution in [3.05, 3.63) is 29.8 Å². The zero-order chi connectivity index (χ0) is 14.5. The largest absolute Gasteiger partial charge is 0.372 e. The average Bonchev–Trinajstić information content (AvgIpc) is 2.38. The zero-order valence-corrected chi connectivity index (χ0v) is 12.4. The van der Waals surface area contributed by atoms with Crippen molar-refractivity contribution in [2.45, 2.75) is 32.7 Å². The van der Waals surface area contributed by atoms with Crippen molar-refractivity contribution in [2.24, 2.45) is 5.73 Å². The van der Waals surface area contributed by atoms with E-state index in [-0.39, 0.29) is 5.91 Å². The number of nitrogens with two attached hydrogens (primary N) is 1. The molecule has 0 radical (unpaired) electrons. The van der Waals surface area contributed by atoms with Crippen LogP contribution in [0.1, 0.15) is 26.3 Å². The van der Waals surface area contributed by atoms with Crippen LogP contribution in [0.25, 0.3) is 0 Å². The molecule has 4 heteroatoms. The molecule has 1 amide bonds. The van der Waals surface area contributed by atoms with Crippen molar-refractivity contribution in [1.82, 2.24) is 5.32 Å². The summed E-state index contributed by atoms with van der Waals surface area (Å²) < 4.78 is 0. The standard InChI is InChI=1S/C15H25N3O/c1-5-12-7-9-13(10-8-12)18(4)11-15(3,14(16)19)17-6-2/h7-10,17H,5-6,11H2,1-4H3,(H2,16,19). The van der Waals surface area contributed by atoms with E-state index >= 15 is 0 Å². The molecule has 1 aromatic rings. The Bertz CT molecular complexity index is 416. The first-order valence-electron chi connectivity index (χ1n) is 6.78. The van der Waals surface area contributed by atoms with Gasteiger partial charge in [0.15, 0.2) is 0 Å². The molecule has 0 saturated heterocycles. The van der Waals surface area contributed by atoms with E-state index in [9.17, 15) is 4.79 Å². The monoisotopic (exact) mass is 263 g/mol. The van der Waals surface area contributed by atoms with Gasteiger partial charge in [0.2, 0.25) is 5.91 Å². The maximum absolute atomic E-state index is 11.6. The Morgan fingerprint density at radius 1 is 1.32 bits per heavy atom. The number of anilines is 1. The van der Waals surface area contributed by atoms with Crippen LogP contribution in [0, 0.1) is 0 Å². The molecule has 1 aromatic carbocycles. The number of hydrogen-bond acceptors (Lipinski definition) is 3. The fraction of sp³-hybridized carbons (Fsp3) is 0.533. The van der Waals surface area contributed by atoms with Gasteiger partial charge in [-0.3, -0.25) is 4.79 Å². The van der Waals surface area contributed by atoms with E-state index in [1.807, 2.05) is 25.8 Å². The summed E-state index contributed by atoms with van der Waals surface area (Å²) in [5.41, 5.74) is 7.18. The molecule has 3 N–H and O–H groups in total. The first kappa shape index (κ1) is 15.5. The molecule has 1 rings (SSSR count). The molecule has 0 aliphatic heterocycles. The van der Waals surface area contributed by atoms with E-state index in [1.165, 1.54) is 5.56 Å². The molecule has 19 heavy (non-hydrogen) atoms. The van der Waals surface area contributed by atoms with Gasteiger partial charge >= 0.3 is 0 Å². The predicted octanol–water partition coefficient (Wildman–Crippen LogP) is 1.54. The molecule has 0 aliphatic carbocycles. The van der Waals surface area contributed by atoms with E-state index in [1.54, 1.807) is 0 Å². The number of hydrogen-bond donors (Lipinski definition) is 2. The number of benzene rings is 1. The quantitative estimate of drug-likeness (QED) is 0.784. The highest BCUT2D eigenvalue weighted by Crippen LogP contribution is 2.17. The Hall–Kier alpha value is -1.55. The van der Waals surface area contributed by atoms with Crippen LogP contribution in [0.5, 0.6) is 0 Å². The SMILES string of the molecule is CCNC(C)(CN(C)c1ccc(CC)cc1)C(N)=O. The molecule has 106 valence electrons. The maximum Gasteiger partial charge on any atom is 0.239 e. The summed E-state index contributed by atoms with van der Waals surface area (Å²) in [4.78, 5) is 13.7. The number of amides is 1. The summed E-state index contributed by atoms with van der Waals surface area (Å²) in [5.74, 6) is -0.327. The summed E-state index contributed by atoms with van der Waals surface area (Å²) in [6.45, 7) is 7.20. The maximum atomic E-state index is 11.6. The van der Waals surface area contributed by atoms with Crippen molar-refractivity contribution >= 4 is 11.6 Å². The molecule has 0 aromatic heterocycles. The van der Waals surface area contributed by atoms with E-state index < -0.39 is 5.54 Å². The van der Waals surface area contributed by atoms with Gasteiger partial charge in [0.05, 0.1) is 0 Å². The summed E-state index contributed by atoms with van der Waals surface area (Å²) in [6.07, 6.45) is 1.03. The Labute approximate surface area is 116 Å². The van der Waals surface area contributed by atoms with Crippen LogP contribution in [0.2, 0.25) is 0 Å². The highest BCUT2D eigenvalue weighted by Gasteiger charge is 2.31. The van der Waals surface area contributed by atoms with E-state index in [2.05, 4.69) is 36.5 Å². The first-order valence-corrected chi connectivity index (χ1v) is 6.78. The highest BCUT2D eigenvalue weighted by atomic mass is 16.1. The van der Waals surface area contributed by atoms with Gasteiger partial charge in [-0.1, -0.05) is 26.0 Å². The second kappa shape index (κ2) is 6.57. The van der Waals surface area contributed by atoms with Gasteiger partial charge in [0, 0.05) is 19.3 Å². The van der Waals surface area contributed by atoms with Crippen molar-refractivity contribution < 1.29 is 4.79 Å². The molecule has 0 bridgehead atoms. The van der Waals surface area contributed by atoms with Gasteiger partial charge in [-0.05, 0) is 37.6 Å². The second-order valence-corrected chi connectivity index (χ2v) is 5.10. The number of primary amides is 1. The fourth-order valence-electron chi connectivity index (χ4n) is 2.16. The van der Waals surface area contributed by atoms with Gasteiger partial charge in [-0.25, -0.2) is 0 Å². The van der Waals surface area contributed by atoms with Crippen molar-refractivity contribution in [2.75, 3.05) is 25.0 Å². The van der Waals surface area contributed by atoms with E-state index in [0.717, 1.165) is 12.1 Å². The smallest absolute Gasteiger partial charge is 0.239 e. The van der Waals surface area contributed by atoms with Gasteiger partial charge in [-0.2, -0.15) is 0 Å². The van der Waals surface area contributed by atoms with Crippen LogP contribution < -0.4 is 16.0 Å². The van der Waals surface area contributed by atoms with Crippen LogP contribution in [0.4, 0.5) is 5.69 Å². The summed E-state index contributed by atoms with van der Waals surface area (Å²) >= 11 is 0. The third kappa shape index (κ3) is 3.96. The van der Waals surface area contributed by atoms with Gasteiger partial charge < -0.3 is 16.0 Å². The summed E-state index contributed by atoms with van der Waals surface area (Å²) in [5, 5.41) is 3.17. The van der Waals surface area contributed by atoms with Gasteiger partial charge in [-0.15, -0.1) is 0 Å². The highest BCUT2D eigenvalue weighted by molar-refractivity contribution is 5.85. The lowest BCUT2D eigenvalue weighted by atomic mass is 10.0. The topological polar surface area (TPSA) is 58.4 Å². The van der Waals surface area contributed by atoms with E-state index in [0.29, 0.717) is 13.1 Å². The molecular weight excluding hydrogens is 238 g/mol. The predicted molar refractivity (Wildman–Crippen MR) is 80.4 cm³/mol. The average molecular weight is 263 g/mol. The summed E-state index contributed by atoms with van der Waals surface area (Å²) in [7, 11) is 1.97. The molecule has 0 fully saturated rings. The van der Waals surface area contributed by atoms with Crippen molar-refractivity contribution in [3.8, 4) is 0 Å². The Morgan fingerprint density at radius 3 is 2.32 bits per heavy atom. The Balaban J connectivity index is 2.81. The van der Waals surface area contributed by atoms with Gasteiger partial charge in [0.25, 0.3) is 0 Å². The minimum atomic E-state index is -0.715. The van der Waals surface area contributed by atoms with Crippen LogP contribution >= 0.6 is 0 Å². The normalized spacial score (nSPS) is 13.9. The second-order valence-electron chi connectivity index (χ2n) is 5.10. The Morgan fingerprint density at radius 2 is 1.89 bits per heavy atom. The lowest BCUT2D eigenvalue weighted by Crippen LogP contribution is -2.59. The number of carbonyl (C=O) groups is 1. The first-order chi connectivity index (χ1) is 8.92. The van der Waals surface area contributed by atoms with Crippen LogP contribution in [0.15, 0.2) is 24.3 Å². The Kier molecular flexibility index (Phi) is 5.36. The number of likely N-dealkylation sites (N-methyl/N-ethyl adjacent to an activating group) is 2. The third-order valence-corrected chi connectivity index (χ3v) is 3.45. The molecule has 0 heterocycles. The lowest BCUT2D eigenvalue weighted by Gasteiger charge is -2.33. The number of aryl methyl sites for hydroxylation is 1. The van der Waals surface area contributed by atoms with Crippen LogP contribution in [0.3, 0.4) is 0 Å². The lowest BCUT2D eigenvalue weighted by molar-refractivity contribution is -0.123. The molecule has 0 spiro atoms. The molecule has 1 atom stereocenters. The van der Waals surface area contributed by atoms with Crippen LogP contribution in [-0.4, -0.2) is 31.6 Å². The number of carbonyl (C=O) groups excluding carboxylic acids is 1. The molecule has 0 saturated carbocycles. The van der Waals surface area contributed by atoms with Crippen molar-refractivity contribution in [1.29, 1.82) is 0 Å². The van der Waals surface area contributed by atoms with Crippen molar-refractivity contribution in [3.63, 3.8) is 0 Å². The molecule has 4 nitrogen and oxygen atoms in total. The zero-order valence-electron chi connectivity index (χ0n) is 12.4. The molecular formula is C15H25N3O. The molecule has 0 aliphatic rings. The number of nitrogens with one attached hydrogen (secondary N) is 1. The van der Waals surface area contributed by atoms with Gasteiger partial charge in [0.1, 0.15) is 5.54 Å². The number of nitrogens with zero attached hydrogens (tertiary/aromatic N) is 1. The van der Waals surface area contributed by atoms with E-state index in [4.69, 9.17) is 5.73 Å². The van der Waals surface area contributed by atoms with Crippen LogP contribution in [-0.2, 0) is 11.2 Å². The minimum Gasteiger partial charge on any atom is -0.372 e. The molecule has 1 unspecified atom stereocenters.